The lowest BCUT2D eigenvalue weighted by Gasteiger charge is -2.16. The maximum atomic E-state index is 11.4. The van der Waals surface area contributed by atoms with Gasteiger partial charge in [-0.3, -0.25) is 0 Å². The van der Waals surface area contributed by atoms with Gasteiger partial charge in [0.05, 0.1) is 5.75 Å². The minimum absolute atomic E-state index is 0.215. The SMILES string of the molecule is CCS(=O)(=O)CCCC(CN)c1ccccc1Br. The summed E-state index contributed by atoms with van der Waals surface area (Å²) in [6.07, 6.45) is 1.47. The van der Waals surface area contributed by atoms with Gasteiger partial charge in [-0.1, -0.05) is 41.1 Å². The third-order valence-electron chi connectivity index (χ3n) is 3.08. The van der Waals surface area contributed by atoms with E-state index in [0.717, 1.165) is 16.5 Å². The Kier molecular flexibility index (Phi) is 6.32. The van der Waals surface area contributed by atoms with E-state index in [0.29, 0.717) is 13.0 Å². The molecule has 102 valence electrons. The molecule has 0 saturated heterocycles. The van der Waals surface area contributed by atoms with Crippen LogP contribution in [0.1, 0.15) is 31.2 Å². The van der Waals surface area contributed by atoms with Gasteiger partial charge >= 0.3 is 0 Å². The summed E-state index contributed by atoms with van der Waals surface area (Å²) in [6, 6.07) is 7.96. The van der Waals surface area contributed by atoms with Crippen LogP contribution < -0.4 is 5.73 Å². The summed E-state index contributed by atoms with van der Waals surface area (Å²) in [4.78, 5) is 0. The van der Waals surface area contributed by atoms with Gasteiger partial charge in [-0.05, 0) is 36.9 Å². The van der Waals surface area contributed by atoms with Gasteiger partial charge in [0.1, 0.15) is 9.84 Å². The largest absolute Gasteiger partial charge is 0.330 e. The monoisotopic (exact) mass is 333 g/mol. The molecule has 0 aliphatic carbocycles. The quantitative estimate of drug-likeness (QED) is 0.834. The molecule has 2 N–H and O–H groups in total. The van der Waals surface area contributed by atoms with Crippen LogP contribution in [0.25, 0.3) is 0 Å². The first-order chi connectivity index (χ1) is 8.50. The number of hydrogen-bond donors (Lipinski definition) is 1. The van der Waals surface area contributed by atoms with Crippen molar-refractivity contribution in [2.75, 3.05) is 18.1 Å². The molecule has 5 heteroatoms. The first-order valence-electron chi connectivity index (χ1n) is 6.15. The fraction of sp³-hybridized carbons (Fsp3) is 0.538. The molecule has 3 nitrogen and oxygen atoms in total. The molecule has 0 aliphatic rings. The van der Waals surface area contributed by atoms with Crippen molar-refractivity contribution in [2.45, 2.75) is 25.7 Å². The average molecular weight is 334 g/mol. The zero-order valence-electron chi connectivity index (χ0n) is 10.6. The Labute approximate surface area is 118 Å². The van der Waals surface area contributed by atoms with Gasteiger partial charge < -0.3 is 5.73 Å². The van der Waals surface area contributed by atoms with E-state index < -0.39 is 9.84 Å². The van der Waals surface area contributed by atoms with Gasteiger partial charge in [0, 0.05) is 10.2 Å². The first kappa shape index (κ1) is 15.7. The van der Waals surface area contributed by atoms with Gasteiger partial charge in [0.25, 0.3) is 0 Å². The molecule has 0 spiro atoms. The van der Waals surface area contributed by atoms with E-state index in [1.54, 1.807) is 6.92 Å². The Hall–Kier alpha value is -0.390. The van der Waals surface area contributed by atoms with E-state index in [4.69, 9.17) is 5.73 Å². The molecule has 0 aliphatic heterocycles. The normalized spacial score (nSPS) is 13.5. The van der Waals surface area contributed by atoms with Crippen molar-refractivity contribution in [2.24, 2.45) is 5.73 Å². The Morgan fingerprint density at radius 1 is 1.33 bits per heavy atom. The minimum atomic E-state index is -2.87. The Morgan fingerprint density at radius 3 is 2.56 bits per heavy atom. The maximum absolute atomic E-state index is 11.4. The third kappa shape index (κ3) is 4.71. The second-order valence-electron chi connectivity index (χ2n) is 4.33. The molecule has 0 heterocycles. The molecule has 0 radical (unpaired) electrons. The Bertz CT molecular complexity index is 474. The number of sulfone groups is 1. The van der Waals surface area contributed by atoms with E-state index >= 15 is 0 Å². The molecule has 1 aromatic carbocycles. The molecule has 0 aromatic heterocycles. The topological polar surface area (TPSA) is 60.2 Å². The molecule has 0 fully saturated rings. The molecule has 1 atom stereocenters. The summed E-state index contributed by atoms with van der Waals surface area (Å²) >= 11 is 3.51. The van der Waals surface area contributed by atoms with E-state index in [-0.39, 0.29) is 17.4 Å². The van der Waals surface area contributed by atoms with Crippen molar-refractivity contribution in [3.8, 4) is 0 Å². The van der Waals surface area contributed by atoms with Crippen LogP contribution >= 0.6 is 15.9 Å². The van der Waals surface area contributed by atoms with Crippen LogP contribution in [0.5, 0.6) is 0 Å². The summed E-state index contributed by atoms with van der Waals surface area (Å²) < 4.78 is 23.9. The molecule has 1 rings (SSSR count). The summed E-state index contributed by atoms with van der Waals surface area (Å²) in [5.74, 6) is 0.687. The van der Waals surface area contributed by atoms with Crippen LogP contribution in [0.3, 0.4) is 0 Å². The van der Waals surface area contributed by atoms with E-state index in [1.807, 2.05) is 24.3 Å². The van der Waals surface area contributed by atoms with Crippen LogP contribution in [0.15, 0.2) is 28.7 Å². The van der Waals surface area contributed by atoms with Crippen molar-refractivity contribution in [3.05, 3.63) is 34.3 Å². The van der Waals surface area contributed by atoms with Crippen molar-refractivity contribution in [1.29, 1.82) is 0 Å². The van der Waals surface area contributed by atoms with Crippen LogP contribution in [0, 0.1) is 0 Å². The number of hydrogen-bond acceptors (Lipinski definition) is 3. The Morgan fingerprint density at radius 2 is 2.00 bits per heavy atom. The third-order valence-corrected chi connectivity index (χ3v) is 5.59. The molecular weight excluding hydrogens is 314 g/mol. The predicted octanol–water partition coefficient (Wildman–Crippen LogP) is 2.71. The summed E-state index contributed by atoms with van der Waals surface area (Å²) in [5.41, 5.74) is 6.95. The van der Waals surface area contributed by atoms with Gasteiger partial charge in [0.15, 0.2) is 0 Å². The summed E-state index contributed by atoms with van der Waals surface area (Å²) in [7, 11) is -2.87. The molecule has 1 aromatic rings. The highest BCUT2D eigenvalue weighted by Crippen LogP contribution is 2.27. The predicted molar refractivity (Wildman–Crippen MR) is 79.5 cm³/mol. The van der Waals surface area contributed by atoms with Crippen molar-refractivity contribution < 1.29 is 8.42 Å². The fourth-order valence-electron chi connectivity index (χ4n) is 1.90. The van der Waals surface area contributed by atoms with E-state index in [1.165, 1.54) is 0 Å². The number of nitrogens with two attached hydrogens (primary N) is 1. The van der Waals surface area contributed by atoms with Gasteiger partial charge in [-0.15, -0.1) is 0 Å². The number of rotatable bonds is 7. The first-order valence-corrected chi connectivity index (χ1v) is 8.76. The molecular formula is C13H20BrNO2S. The highest BCUT2D eigenvalue weighted by Gasteiger charge is 2.14. The summed E-state index contributed by atoms with van der Waals surface area (Å²) in [6.45, 7) is 2.22. The Balaban J connectivity index is 2.61. The zero-order valence-corrected chi connectivity index (χ0v) is 13.0. The average Bonchev–Trinajstić information content (AvgIpc) is 2.36. The van der Waals surface area contributed by atoms with Gasteiger partial charge in [0.2, 0.25) is 0 Å². The molecule has 0 bridgehead atoms. The van der Waals surface area contributed by atoms with Crippen molar-refractivity contribution in [3.63, 3.8) is 0 Å². The minimum Gasteiger partial charge on any atom is -0.330 e. The van der Waals surface area contributed by atoms with Crippen LogP contribution in [-0.2, 0) is 9.84 Å². The molecule has 0 saturated carbocycles. The zero-order chi connectivity index (χ0) is 13.6. The smallest absolute Gasteiger partial charge is 0.150 e. The van der Waals surface area contributed by atoms with E-state index in [2.05, 4.69) is 15.9 Å². The van der Waals surface area contributed by atoms with Crippen LogP contribution in [-0.4, -0.2) is 26.5 Å². The fourth-order valence-corrected chi connectivity index (χ4v) is 3.40. The lowest BCUT2D eigenvalue weighted by molar-refractivity contribution is 0.580. The lowest BCUT2D eigenvalue weighted by Crippen LogP contribution is -2.15. The van der Waals surface area contributed by atoms with E-state index in [9.17, 15) is 8.42 Å². The second-order valence-corrected chi connectivity index (χ2v) is 7.66. The van der Waals surface area contributed by atoms with Gasteiger partial charge in [-0.2, -0.15) is 0 Å². The van der Waals surface area contributed by atoms with Crippen LogP contribution in [0.4, 0.5) is 0 Å². The van der Waals surface area contributed by atoms with Gasteiger partial charge in [-0.25, -0.2) is 8.42 Å². The number of halogens is 1. The van der Waals surface area contributed by atoms with Crippen molar-refractivity contribution in [1.82, 2.24) is 0 Å². The summed E-state index contributed by atoms with van der Waals surface area (Å²) in [5, 5.41) is 0. The van der Waals surface area contributed by atoms with Crippen molar-refractivity contribution >= 4 is 25.8 Å². The lowest BCUT2D eigenvalue weighted by atomic mass is 9.95. The highest BCUT2D eigenvalue weighted by molar-refractivity contribution is 9.10. The molecule has 1 unspecified atom stereocenters. The molecule has 0 amide bonds. The second kappa shape index (κ2) is 7.26. The number of benzene rings is 1. The highest BCUT2D eigenvalue weighted by atomic mass is 79.9. The maximum Gasteiger partial charge on any atom is 0.150 e. The van der Waals surface area contributed by atoms with Crippen LogP contribution in [0.2, 0.25) is 0 Å². The standard InChI is InChI=1S/C13H20BrNO2S/c1-2-18(16,17)9-5-6-11(10-15)12-7-3-4-8-13(12)14/h3-4,7-8,11H,2,5-6,9-10,15H2,1H3. The molecule has 18 heavy (non-hydrogen) atoms.